The van der Waals surface area contributed by atoms with Crippen molar-refractivity contribution in [3.63, 3.8) is 0 Å². The van der Waals surface area contributed by atoms with E-state index in [2.05, 4.69) is 15.2 Å². The third-order valence-electron chi connectivity index (χ3n) is 4.64. The van der Waals surface area contributed by atoms with Crippen LogP contribution in [0.25, 0.3) is 0 Å². The van der Waals surface area contributed by atoms with Crippen LogP contribution < -0.4 is 5.32 Å². The molecule has 1 aliphatic rings. The van der Waals surface area contributed by atoms with E-state index in [9.17, 15) is 8.42 Å². The summed E-state index contributed by atoms with van der Waals surface area (Å²) in [5.74, 6) is 1.45. The maximum absolute atomic E-state index is 12.4. The van der Waals surface area contributed by atoms with Gasteiger partial charge in [0.25, 0.3) is 0 Å². The number of halogens is 1. The van der Waals surface area contributed by atoms with Crippen LogP contribution in [0.3, 0.4) is 0 Å². The molecule has 1 aromatic rings. The van der Waals surface area contributed by atoms with Gasteiger partial charge in [0, 0.05) is 39.2 Å². The molecular weight excluding hydrogens is 505 g/mol. The summed E-state index contributed by atoms with van der Waals surface area (Å²) in [6.45, 7) is 7.12. The van der Waals surface area contributed by atoms with Crippen molar-refractivity contribution in [3.05, 3.63) is 30.3 Å². The number of aliphatic imine (C=N–C) groups is 1. The zero-order chi connectivity index (χ0) is 20.2. The summed E-state index contributed by atoms with van der Waals surface area (Å²) in [6, 6.07) is 8.59. The van der Waals surface area contributed by atoms with Crippen molar-refractivity contribution in [1.29, 1.82) is 0 Å². The molecule has 1 fully saturated rings. The van der Waals surface area contributed by atoms with Gasteiger partial charge in [0.1, 0.15) is 0 Å². The van der Waals surface area contributed by atoms with Gasteiger partial charge in [-0.25, -0.2) is 8.42 Å². The Morgan fingerprint density at radius 3 is 2.72 bits per heavy atom. The van der Waals surface area contributed by atoms with Gasteiger partial charge in [0.15, 0.2) is 15.8 Å². The van der Waals surface area contributed by atoms with E-state index >= 15 is 0 Å². The maximum Gasteiger partial charge on any atom is 0.193 e. The Morgan fingerprint density at radius 2 is 2.03 bits per heavy atom. The van der Waals surface area contributed by atoms with Gasteiger partial charge in [-0.1, -0.05) is 18.2 Å². The highest BCUT2D eigenvalue weighted by Gasteiger charge is 2.25. The first-order valence-electron chi connectivity index (χ1n) is 9.94. The lowest BCUT2D eigenvalue weighted by Gasteiger charge is -2.21. The molecule has 1 aromatic carbocycles. The van der Waals surface area contributed by atoms with Crippen LogP contribution in [0.2, 0.25) is 0 Å². The standard InChI is InChI=1S/C20H33N3O4S.HI/c1-3-21-20(23-12-10-18(16-23)17-27-14-13-26-2)22-11-7-15-28(24,25)19-8-5-4-6-9-19;/h4-6,8-9,18H,3,7,10-17H2,1-2H3,(H,21,22);1H. The van der Waals surface area contributed by atoms with Gasteiger partial charge in [-0.15, -0.1) is 24.0 Å². The van der Waals surface area contributed by atoms with Crippen molar-refractivity contribution in [2.24, 2.45) is 10.9 Å². The summed E-state index contributed by atoms with van der Waals surface area (Å²) in [6.07, 6.45) is 1.57. The van der Waals surface area contributed by atoms with Crippen molar-refractivity contribution in [3.8, 4) is 0 Å². The highest BCUT2D eigenvalue weighted by molar-refractivity contribution is 14.0. The summed E-state index contributed by atoms with van der Waals surface area (Å²) in [5, 5.41) is 3.32. The first kappa shape index (κ1) is 26.1. The summed E-state index contributed by atoms with van der Waals surface area (Å²) in [4.78, 5) is 7.25. The molecule has 7 nitrogen and oxygen atoms in total. The van der Waals surface area contributed by atoms with Gasteiger partial charge in [-0.2, -0.15) is 0 Å². The average Bonchev–Trinajstić information content (AvgIpc) is 3.17. The topological polar surface area (TPSA) is 80.2 Å². The second kappa shape index (κ2) is 14.2. The van der Waals surface area contributed by atoms with Crippen LogP contribution in [-0.4, -0.2) is 78.1 Å². The number of nitrogens with zero attached hydrogens (tertiary/aromatic N) is 2. The predicted molar refractivity (Wildman–Crippen MR) is 127 cm³/mol. The molecule has 1 unspecified atom stereocenters. The molecule has 1 atom stereocenters. The lowest BCUT2D eigenvalue weighted by atomic mass is 10.1. The largest absolute Gasteiger partial charge is 0.382 e. The number of hydrogen-bond donors (Lipinski definition) is 1. The van der Waals surface area contributed by atoms with E-state index in [0.29, 0.717) is 37.0 Å². The van der Waals surface area contributed by atoms with Crippen LogP contribution in [0.4, 0.5) is 0 Å². The van der Waals surface area contributed by atoms with Crippen molar-refractivity contribution < 1.29 is 17.9 Å². The predicted octanol–water partition coefficient (Wildman–Crippen LogP) is 2.42. The second-order valence-electron chi connectivity index (χ2n) is 6.89. The van der Waals surface area contributed by atoms with E-state index in [1.165, 1.54) is 0 Å². The highest BCUT2D eigenvalue weighted by Crippen LogP contribution is 2.17. The summed E-state index contributed by atoms with van der Waals surface area (Å²) >= 11 is 0. The molecule has 0 spiro atoms. The van der Waals surface area contributed by atoms with E-state index < -0.39 is 9.84 Å². The Morgan fingerprint density at radius 1 is 1.28 bits per heavy atom. The number of benzene rings is 1. The summed E-state index contributed by atoms with van der Waals surface area (Å²) < 4.78 is 35.3. The van der Waals surface area contributed by atoms with Gasteiger partial charge >= 0.3 is 0 Å². The zero-order valence-corrected chi connectivity index (χ0v) is 20.5. The van der Waals surface area contributed by atoms with Gasteiger partial charge in [0.2, 0.25) is 0 Å². The number of nitrogens with one attached hydrogen (secondary N) is 1. The molecule has 1 N–H and O–H groups in total. The minimum Gasteiger partial charge on any atom is -0.382 e. The normalized spacial score (nSPS) is 17.2. The second-order valence-corrected chi connectivity index (χ2v) is 9.00. The van der Waals surface area contributed by atoms with E-state index in [1.54, 1.807) is 31.4 Å². The minimum absolute atomic E-state index is 0. The lowest BCUT2D eigenvalue weighted by molar-refractivity contribution is 0.0536. The minimum atomic E-state index is -3.24. The molecule has 29 heavy (non-hydrogen) atoms. The van der Waals surface area contributed by atoms with Crippen LogP contribution in [0, 0.1) is 5.92 Å². The third-order valence-corrected chi connectivity index (χ3v) is 6.46. The number of sulfone groups is 1. The van der Waals surface area contributed by atoms with Crippen molar-refractivity contribution in [2.45, 2.75) is 24.7 Å². The number of methoxy groups -OCH3 is 1. The van der Waals surface area contributed by atoms with Crippen molar-refractivity contribution >= 4 is 39.8 Å². The average molecular weight is 539 g/mol. The van der Waals surface area contributed by atoms with E-state index in [1.807, 2.05) is 13.0 Å². The molecule has 1 saturated heterocycles. The van der Waals surface area contributed by atoms with Crippen LogP contribution >= 0.6 is 24.0 Å². The van der Waals surface area contributed by atoms with E-state index in [-0.39, 0.29) is 29.7 Å². The molecule has 0 amide bonds. The fourth-order valence-corrected chi connectivity index (χ4v) is 4.48. The molecule has 9 heteroatoms. The van der Waals surface area contributed by atoms with Crippen LogP contribution in [-0.2, 0) is 19.3 Å². The number of ether oxygens (including phenoxy) is 2. The monoisotopic (exact) mass is 539 g/mol. The van der Waals surface area contributed by atoms with Crippen LogP contribution in [0.15, 0.2) is 40.2 Å². The Kier molecular flexibility index (Phi) is 12.8. The summed E-state index contributed by atoms with van der Waals surface area (Å²) in [7, 11) is -1.57. The zero-order valence-electron chi connectivity index (χ0n) is 17.4. The first-order valence-corrected chi connectivity index (χ1v) is 11.6. The molecular formula is C20H34IN3O4S. The lowest BCUT2D eigenvalue weighted by Crippen LogP contribution is -2.40. The van der Waals surface area contributed by atoms with Crippen molar-refractivity contribution in [1.82, 2.24) is 10.2 Å². The number of guanidine groups is 1. The van der Waals surface area contributed by atoms with Gasteiger partial charge in [0.05, 0.1) is 30.5 Å². The molecule has 166 valence electrons. The highest BCUT2D eigenvalue weighted by atomic mass is 127. The van der Waals surface area contributed by atoms with Gasteiger partial charge < -0.3 is 19.7 Å². The Balaban J connectivity index is 0.00000420. The van der Waals surface area contributed by atoms with Crippen molar-refractivity contribution in [2.75, 3.05) is 58.9 Å². The van der Waals surface area contributed by atoms with Gasteiger partial charge in [-0.3, -0.25) is 4.99 Å². The molecule has 0 radical (unpaired) electrons. The SMILES string of the molecule is CCNC(=NCCCS(=O)(=O)c1ccccc1)N1CCC(COCCOC)C1.I. The smallest absolute Gasteiger partial charge is 0.193 e. The molecule has 0 aliphatic carbocycles. The maximum atomic E-state index is 12.4. The Bertz CT molecular complexity index is 701. The van der Waals surface area contributed by atoms with Crippen LogP contribution in [0.5, 0.6) is 0 Å². The Hall–Kier alpha value is -0.910. The van der Waals surface area contributed by atoms with E-state index in [0.717, 1.165) is 38.6 Å². The molecule has 0 bridgehead atoms. The summed E-state index contributed by atoms with van der Waals surface area (Å²) in [5.41, 5.74) is 0. The number of hydrogen-bond acceptors (Lipinski definition) is 5. The molecule has 0 aromatic heterocycles. The fraction of sp³-hybridized carbons (Fsp3) is 0.650. The quantitative estimate of drug-likeness (QED) is 0.202. The molecule has 2 rings (SSSR count). The third kappa shape index (κ3) is 9.18. The fourth-order valence-electron chi connectivity index (χ4n) is 3.16. The molecule has 0 saturated carbocycles. The van der Waals surface area contributed by atoms with Crippen LogP contribution in [0.1, 0.15) is 19.8 Å². The van der Waals surface area contributed by atoms with Gasteiger partial charge in [-0.05, 0) is 31.9 Å². The first-order chi connectivity index (χ1) is 13.6. The Labute approximate surface area is 192 Å². The number of likely N-dealkylation sites (tertiary alicyclic amines) is 1. The molecule has 1 heterocycles. The number of rotatable bonds is 11. The van der Waals surface area contributed by atoms with E-state index in [4.69, 9.17) is 9.47 Å². The molecule has 1 aliphatic heterocycles.